The van der Waals surface area contributed by atoms with Crippen LogP contribution in [-0.2, 0) is 32.1 Å². The molecule has 2 aliphatic rings. The normalized spacial score (nSPS) is 18.7. The van der Waals surface area contributed by atoms with Gasteiger partial charge in [-0.05, 0) is 51.0 Å². The summed E-state index contributed by atoms with van der Waals surface area (Å²) in [6.45, 7) is 8.69. The number of fused-ring (bicyclic) bond motifs is 4. The van der Waals surface area contributed by atoms with Crippen molar-refractivity contribution in [2.75, 3.05) is 39.3 Å². The van der Waals surface area contributed by atoms with E-state index in [1.165, 1.54) is 11.3 Å². The Bertz CT molecular complexity index is 1450. The highest BCUT2D eigenvalue weighted by Crippen LogP contribution is 2.35. The summed E-state index contributed by atoms with van der Waals surface area (Å²) in [5.74, 6) is 0.0664. The monoisotopic (exact) mass is 624 g/mol. The molecule has 2 atom stereocenters. The third kappa shape index (κ3) is 8.65. The highest BCUT2D eigenvalue weighted by atomic mass is 32.1. The van der Waals surface area contributed by atoms with Gasteiger partial charge in [-0.2, -0.15) is 5.10 Å². The topological polar surface area (TPSA) is 147 Å². The van der Waals surface area contributed by atoms with Gasteiger partial charge in [0.05, 0.1) is 35.3 Å². The van der Waals surface area contributed by atoms with Crippen LogP contribution in [0.5, 0.6) is 5.75 Å². The number of benzene rings is 1. The first-order valence-electron chi connectivity index (χ1n) is 14.7. The molecule has 0 saturated carbocycles. The van der Waals surface area contributed by atoms with Gasteiger partial charge in [0.2, 0.25) is 17.7 Å². The molecule has 44 heavy (non-hydrogen) atoms. The van der Waals surface area contributed by atoms with E-state index in [4.69, 9.17) is 14.6 Å². The Balaban J connectivity index is 0.00000141. The number of ether oxygens (including phenoxy) is 1. The summed E-state index contributed by atoms with van der Waals surface area (Å²) in [6, 6.07) is 9.82. The molecule has 2 aliphatic heterocycles. The fraction of sp³-hybridized carbons (Fsp3) is 0.484. The lowest BCUT2D eigenvalue weighted by molar-refractivity contribution is -0.133. The Labute approximate surface area is 261 Å². The van der Waals surface area contributed by atoms with Crippen LogP contribution in [0.2, 0.25) is 0 Å². The van der Waals surface area contributed by atoms with Crippen molar-refractivity contribution >= 4 is 35.5 Å². The molecule has 0 aliphatic carbocycles. The minimum absolute atomic E-state index is 0.0219. The quantitative estimate of drug-likeness (QED) is 0.412. The first kappa shape index (κ1) is 32.6. The lowest BCUT2D eigenvalue weighted by Gasteiger charge is -2.25. The van der Waals surface area contributed by atoms with E-state index >= 15 is 0 Å². The lowest BCUT2D eigenvalue weighted by atomic mass is 9.88. The van der Waals surface area contributed by atoms with E-state index in [1.54, 1.807) is 9.80 Å². The maximum Gasteiger partial charge on any atom is 0.290 e. The predicted molar refractivity (Wildman–Crippen MR) is 165 cm³/mol. The van der Waals surface area contributed by atoms with Crippen LogP contribution < -0.4 is 10.1 Å². The van der Waals surface area contributed by atoms with E-state index in [2.05, 4.69) is 15.4 Å². The smallest absolute Gasteiger partial charge is 0.290 e. The fourth-order valence-corrected chi connectivity index (χ4v) is 6.33. The summed E-state index contributed by atoms with van der Waals surface area (Å²) in [5.41, 5.74) is 3.71. The first-order valence-corrected chi connectivity index (χ1v) is 15.6. The van der Waals surface area contributed by atoms with Gasteiger partial charge in [0.25, 0.3) is 6.47 Å². The van der Waals surface area contributed by atoms with Gasteiger partial charge in [0.15, 0.2) is 0 Å². The number of hydrogen-bond donors (Lipinski definition) is 2. The van der Waals surface area contributed by atoms with Gasteiger partial charge in [-0.3, -0.25) is 23.9 Å². The average molecular weight is 625 g/mol. The van der Waals surface area contributed by atoms with E-state index in [9.17, 15) is 14.4 Å². The Morgan fingerprint density at radius 3 is 2.59 bits per heavy atom. The minimum Gasteiger partial charge on any atom is -0.494 e. The molecule has 13 heteroatoms. The number of likely N-dealkylation sites (tertiary alicyclic amines) is 1. The zero-order chi connectivity index (χ0) is 31.6. The standard InChI is InChI=1S/C30H38N6O4S.CH2O2/c1-20-14-21(2)36(33-20)11-8-28(37)34-10-5-13-40-25-7-4-6-23(15-25)26-17-35(18-27(26)30(39)31-9-12-34)29(38)16-24-19-41-22(3)32-24;2-1-3/h4,6-7,14-15,19,26-27H,5,8-13,16-18H2,1-3H3,(H,31,39);1H,(H,2,3)/t26-,27+;/m1./s1. The van der Waals surface area contributed by atoms with E-state index < -0.39 is 5.92 Å². The van der Waals surface area contributed by atoms with Crippen molar-refractivity contribution in [3.05, 3.63) is 63.4 Å². The van der Waals surface area contributed by atoms with Gasteiger partial charge >= 0.3 is 0 Å². The van der Waals surface area contributed by atoms with Crippen LogP contribution in [0, 0.1) is 26.7 Å². The number of aryl methyl sites for hydroxylation is 4. The van der Waals surface area contributed by atoms with Gasteiger partial charge in [-0.1, -0.05) is 12.1 Å². The minimum atomic E-state index is -0.399. The van der Waals surface area contributed by atoms with Crippen LogP contribution in [0.15, 0.2) is 35.7 Å². The number of carbonyl (C=O) groups excluding carboxylic acids is 3. The van der Waals surface area contributed by atoms with E-state index in [-0.39, 0.29) is 36.5 Å². The number of carbonyl (C=O) groups is 4. The molecule has 3 amide bonds. The predicted octanol–water partition coefficient (Wildman–Crippen LogP) is 2.57. The summed E-state index contributed by atoms with van der Waals surface area (Å²) in [5, 5.41) is 17.3. The van der Waals surface area contributed by atoms with Crippen LogP contribution >= 0.6 is 11.3 Å². The largest absolute Gasteiger partial charge is 0.494 e. The molecular formula is C31H40N6O6S. The number of nitrogens with one attached hydrogen (secondary N) is 1. The molecule has 0 radical (unpaired) electrons. The van der Waals surface area contributed by atoms with Gasteiger partial charge in [0, 0.05) is 62.7 Å². The number of nitrogens with zero attached hydrogens (tertiary/aromatic N) is 5. The molecule has 1 saturated heterocycles. The fourth-order valence-electron chi connectivity index (χ4n) is 5.71. The van der Waals surface area contributed by atoms with E-state index in [0.717, 1.165) is 33.4 Å². The maximum atomic E-state index is 13.5. The average Bonchev–Trinajstić information content (AvgIpc) is 3.71. The highest BCUT2D eigenvalue weighted by Gasteiger charge is 2.40. The van der Waals surface area contributed by atoms with E-state index in [0.29, 0.717) is 58.7 Å². The second kappa shape index (κ2) is 15.5. The summed E-state index contributed by atoms with van der Waals surface area (Å²) < 4.78 is 7.92. The molecule has 0 unspecified atom stereocenters. The summed E-state index contributed by atoms with van der Waals surface area (Å²) >= 11 is 1.53. The molecule has 2 N–H and O–H groups in total. The van der Waals surface area contributed by atoms with Crippen molar-refractivity contribution < 1.29 is 29.0 Å². The van der Waals surface area contributed by atoms with Crippen molar-refractivity contribution in [1.82, 2.24) is 29.9 Å². The molecule has 4 heterocycles. The molecule has 0 spiro atoms. The lowest BCUT2D eigenvalue weighted by Crippen LogP contribution is -2.42. The van der Waals surface area contributed by atoms with Crippen LogP contribution in [0.4, 0.5) is 0 Å². The SMILES string of the molecule is Cc1cc(C)n(CCC(=O)N2CCCOc3cccc(c3)[C@H]3CN(C(=O)Cc4csc(C)n4)C[C@@H]3C(=O)NCC2)n1.O=CO. The zero-order valence-electron chi connectivity index (χ0n) is 25.4. The van der Waals surface area contributed by atoms with Crippen LogP contribution in [0.25, 0.3) is 0 Å². The third-order valence-electron chi connectivity index (χ3n) is 7.81. The maximum absolute atomic E-state index is 13.5. The van der Waals surface area contributed by atoms with Gasteiger partial charge in [0.1, 0.15) is 5.75 Å². The molecule has 5 rings (SSSR count). The van der Waals surface area contributed by atoms with Crippen molar-refractivity contribution in [1.29, 1.82) is 0 Å². The van der Waals surface area contributed by atoms with E-state index in [1.807, 2.05) is 61.2 Å². The Kier molecular flexibility index (Phi) is 11.5. The summed E-state index contributed by atoms with van der Waals surface area (Å²) in [4.78, 5) is 56.3. The Morgan fingerprint density at radius 2 is 1.89 bits per heavy atom. The van der Waals surface area contributed by atoms with Gasteiger partial charge in [-0.15, -0.1) is 11.3 Å². The van der Waals surface area contributed by atoms with Crippen LogP contribution in [0.3, 0.4) is 0 Å². The Hall–Kier alpha value is -4.26. The molecular weight excluding hydrogens is 584 g/mol. The molecule has 12 nitrogen and oxygen atoms in total. The number of hydrogen-bond acceptors (Lipinski definition) is 8. The molecule has 2 aromatic heterocycles. The second-order valence-electron chi connectivity index (χ2n) is 11.0. The van der Waals surface area contributed by atoms with Crippen LogP contribution in [-0.4, -0.2) is 93.2 Å². The number of carboxylic acid groups (broad SMARTS) is 1. The number of rotatable bonds is 5. The third-order valence-corrected chi connectivity index (χ3v) is 8.63. The van der Waals surface area contributed by atoms with Crippen LogP contribution in [0.1, 0.15) is 46.4 Å². The van der Waals surface area contributed by atoms with Gasteiger partial charge in [-0.25, -0.2) is 4.98 Å². The first-order chi connectivity index (χ1) is 21.2. The van der Waals surface area contributed by atoms with Crippen molar-refractivity contribution in [3.63, 3.8) is 0 Å². The summed E-state index contributed by atoms with van der Waals surface area (Å²) in [6.07, 6.45) is 1.23. The Morgan fingerprint density at radius 1 is 1.11 bits per heavy atom. The zero-order valence-corrected chi connectivity index (χ0v) is 26.2. The molecule has 2 bridgehead atoms. The molecule has 236 valence electrons. The molecule has 3 aromatic rings. The van der Waals surface area contributed by atoms with Crippen molar-refractivity contribution in [2.24, 2.45) is 5.92 Å². The number of amides is 3. The van der Waals surface area contributed by atoms with Gasteiger partial charge < -0.3 is 25.0 Å². The molecule has 1 fully saturated rings. The second-order valence-corrected chi connectivity index (χ2v) is 12.1. The summed E-state index contributed by atoms with van der Waals surface area (Å²) in [7, 11) is 0. The highest BCUT2D eigenvalue weighted by molar-refractivity contribution is 7.09. The van der Waals surface area contributed by atoms with Crippen molar-refractivity contribution in [2.45, 2.75) is 52.5 Å². The number of aromatic nitrogens is 3. The van der Waals surface area contributed by atoms with Crippen molar-refractivity contribution in [3.8, 4) is 5.75 Å². The number of thiazole rings is 1. The molecule has 1 aromatic carbocycles.